The summed E-state index contributed by atoms with van der Waals surface area (Å²) in [7, 11) is 0. The number of benzene rings is 1. The fourth-order valence-electron chi connectivity index (χ4n) is 2.03. The Morgan fingerprint density at radius 3 is 2.48 bits per heavy atom. The molecule has 7 heteroatoms. The predicted octanol–water partition coefficient (Wildman–Crippen LogP) is 0.571. The molecule has 6 nitrogen and oxygen atoms in total. The van der Waals surface area contributed by atoms with Crippen LogP contribution in [0.3, 0.4) is 0 Å². The van der Waals surface area contributed by atoms with E-state index in [1.54, 1.807) is 17.0 Å². The van der Waals surface area contributed by atoms with E-state index in [9.17, 15) is 9.59 Å². The van der Waals surface area contributed by atoms with Gasteiger partial charge in [0.15, 0.2) is 0 Å². The average molecular weight is 311 g/mol. The fourth-order valence-corrected chi connectivity index (χ4v) is 2.16. The summed E-state index contributed by atoms with van der Waals surface area (Å²) in [5.41, 5.74) is 0.947. The van der Waals surface area contributed by atoms with Crippen molar-refractivity contribution < 1.29 is 9.59 Å². The van der Waals surface area contributed by atoms with Crippen LogP contribution in [0.25, 0.3) is 0 Å². The van der Waals surface area contributed by atoms with Crippen LogP contribution in [0.2, 0.25) is 5.02 Å². The highest BCUT2D eigenvalue weighted by molar-refractivity contribution is 6.30. The van der Waals surface area contributed by atoms with Gasteiger partial charge in [-0.3, -0.25) is 4.79 Å². The quantitative estimate of drug-likeness (QED) is 0.761. The van der Waals surface area contributed by atoms with Gasteiger partial charge in [0.25, 0.3) is 0 Å². The van der Waals surface area contributed by atoms with E-state index in [0.29, 0.717) is 24.7 Å². The number of carbonyl (C=O) groups excluding carboxylic acids is 2. The first-order valence-corrected chi connectivity index (χ1v) is 7.27. The van der Waals surface area contributed by atoms with Crippen molar-refractivity contribution in [1.82, 2.24) is 20.9 Å². The highest BCUT2D eigenvalue weighted by Crippen LogP contribution is 2.08. The zero-order valence-corrected chi connectivity index (χ0v) is 12.4. The first-order chi connectivity index (χ1) is 10.1. The third kappa shape index (κ3) is 5.24. The van der Waals surface area contributed by atoms with Crippen molar-refractivity contribution in [3.8, 4) is 0 Å². The summed E-state index contributed by atoms with van der Waals surface area (Å²) in [5, 5.41) is 9.11. The number of nitrogens with zero attached hydrogens (tertiary/aromatic N) is 1. The second-order valence-electron chi connectivity index (χ2n) is 4.79. The number of hydrogen-bond acceptors (Lipinski definition) is 3. The molecule has 114 valence electrons. The zero-order chi connectivity index (χ0) is 15.1. The van der Waals surface area contributed by atoms with Crippen LogP contribution in [-0.4, -0.2) is 49.6 Å². The highest BCUT2D eigenvalue weighted by atomic mass is 35.5. The maximum Gasteiger partial charge on any atom is 0.315 e. The minimum atomic E-state index is -0.353. The van der Waals surface area contributed by atoms with Crippen LogP contribution in [-0.2, 0) is 11.3 Å². The van der Waals surface area contributed by atoms with E-state index in [2.05, 4.69) is 16.0 Å². The Hall–Kier alpha value is -1.79. The SMILES string of the molecule is O=C(NCC(=O)N1CCNCC1)NCc1ccc(Cl)cc1. The minimum Gasteiger partial charge on any atom is -0.339 e. The Morgan fingerprint density at radius 2 is 1.81 bits per heavy atom. The number of nitrogens with one attached hydrogen (secondary N) is 3. The number of amides is 3. The molecule has 1 saturated heterocycles. The van der Waals surface area contributed by atoms with Gasteiger partial charge in [-0.25, -0.2) is 4.79 Å². The van der Waals surface area contributed by atoms with Gasteiger partial charge in [0.1, 0.15) is 0 Å². The summed E-state index contributed by atoms with van der Waals surface area (Å²) in [6.45, 7) is 3.39. The van der Waals surface area contributed by atoms with Crippen LogP contribution >= 0.6 is 11.6 Å². The lowest BCUT2D eigenvalue weighted by atomic mass is 10.2. The van der Waals surface area contributed by atoms with Crippen molar-refractivity contribution in [2.24, 2.45) is 0 Å². The van der Waals surface area contributed by atoms with Gasteiger partial charge in [-0.15, -0.1) is 0 Å². The monoisotopic (exact) mass is 310 g/mol. The summed E-state index contributed by atoms with van der Waals surface area (Å²) in [5.74, 6) is -0.0573. The normalized spacial score (nSPS) is 14.6. The smallest absolute Gasteiger partial charge is 0.315 e. The predicted molar refractivity (Wildman–Crippen MR) is 81.1 cm³/mol. The number of rotatable bonds is 4. The molecule has 1 fully saturated rings. The fraction of sp³-hybridized carbons (Fsp3) is 0.429. The van der Waals surface area contributed by atoms with E-state index in [-0.39, 0.29) is 18.5 Å². The Morgan fingerprint density at radius 1 is 1.14 bits per heavy atom. The van der Waals surface area contributed by atoms with Crippen LogP contribution in [0.1, 0.15) is 5.56 Å². The number of carbonyl (C=O) groups is 2. The van der Waals surface area contributed by atoms with Crippen molar-refractivity contribution in [3.05, 3.63) is 34.9 Å². The van der Waals surface area contributed by atoms with Gasteiger partial charge in [-0.2, -0.15) is 0 Å². The molecule has 0 aromatic heterocycles. The topological polar surface area (TPSA) is 73.5 Å². The minimum absolute atomic E-state index is 0.0203. The largest absolute Gasteiger partial charge is 0.339 e. The highest BCUT2D eigenvalue weighted by Gasteiger charge is 2.16. The first-order valence-electron chi connectivity index (χ1n) is 6.90. The summed E-state index contributed by atoms with van der Waals surface area (Å²) >= 11 is 5.79. The van der Waals surface area contributed by atoms with Crippen LogP contribution in [0.5, 0.6) is 0 Å². The molecule has 3 N–H and O–H groups in total. The van der Waals surface area contributed by atoms with E-state index < -0.39 is 0 Å². The second-order valence-corrected chi connectivity index (χ2v) is 5.23. The summed E-state index contributed by atoms with van der Waals surface area (Å²) in [6.07, 6.45) is 0. The molecular weight excluding hydrogens is 292 g/mol. The second kappa shape index (κ2) is 7.85. The van der Waals surface area contributed by atoms with Crippen molar-refractivity contribution in [2.75, 3.05) is 32.7 Å². The molecule has 0 unspecified atom stereocenters. The molecule has 21 heavy (non-hydrogen) atoms. The van der Waals surface area contributed by atoms with E-state index in [0.717, 1.165) is 18.7 Å². The Balaban J connectivity index is 1.67. The van der Waals surface area contributed by atoms with Crippen molar-refractivity contribution >= 4 is 23.5 Å². The molecule has 1 aromatic carbocycles. The maximum absolute atomic E-state index is 11.9. The molecule has 2 rings (SSSR count). The van der Waals surface area contributed by atoms with Gasteiger partial charge in [0.05, 0.1) is 6.54 Å². The van der Waals surface area contributed by atoms with Crippen molar-refractivity contribution in [1.29, 1.82) is 0 Å². The number of urea groups is 1. The summed E-state index contributed by atoms with van der Waals surface area (Å²) < 4.78 is 0. The third-order valence-electron chi connectivity index (χ3n) is 3.24. The first kappa shape index (κ1) is 15.6. The number of hydrogen-bond donors (Lipinski definition) is 3. The number of piperazine rings is 1. The Bertz CT molecular complexity index is 486. The molecule has 1 aliphatic heterocycles. The van der Waals surface area contributed by atoms with Gasteiger partial charge >= 0.3 is 6.03 Å². The summed E-state index contributed by atoms with van der Waals surface area (Å²) in [4.78, 5) is 25.2. The lowest BCUT2D eigenvalue weighted by Crippen LogP contribution is -2.50. The zero-order valence-electron chi connectivity index (χ0n) is 11.7. The van der Waals surface area contributed by atoms with Gasteiger partial charge in [-0.1, -0.05) is 23.7 Å². The molecule has 0 saturated carbocycles. The molecule has 0 radical (unpaired) electrons. The van der Waals surface area contributed by atoms with Crippen LogP contribution < -0.4 is 16.0 Å². The summed E-state index contributed by atoms with van der Waals surface area (Å²) in [6, 6.07) is 6.87. The van der Waals surface area contributed by atoms with Gasteiger partial charge in [-0.05, 0) is 17.7 Å². The van der Waals surface area contributed by atoms with Crippen molar-refractivity contribution in [3.63, 3.8) is 0 Å². The molecular formula is C14H19ClN4O2. The molecule has 0 atom stereocenters. The van der Waals surface area contributed by atoms with Crippen LogP contribution in [0.15, 0.2) is 24.3 Å². The molecule has 1 heterocycles. The number of halogens is 1. The third-order valence-corrected chi connectivity index (χ3v) is 3.49. The molecule has 1 aromatic rings. The average Bonchev–Trinajstić information content (AvgIpc) is 2.53. The van der Waals surface area contributed by atoms with Crippen molar-refractivity contribution in [2.45, 2.75) is 6.54 Å². The molecule has 1 aliphatic rings. The van der Waals surface area contributed by atoms with E-state index in [1.165, 1.54) is 0 Å². The Kier molecular flexibility index (Phi) is 5.83. The van der Waals surface area contributed by atoms with Gasteiger partial charge in [0, 0.05) is 37.7 Å². The molecule has 0 bridgehead atoms. The molecule has 0 aliphatic carbocycles. The van der Waals surface area contributed by atoms with Crippen LogP contribution in [0.4, 0.5) is 4.79 Å². The van der Waals surface area contributed by atoms with Crippen LogP contribution in [0, 0.1) is 0 Å². The van der Waals surface area contributed by atoms with E-state index in [4.69, 9.17) is 11.6 Å². The van der Waals surface area contributed by atoms with Gasteiger partial charge < -0.3 is 20.9 Å². The molecule has 3 amide bonds. The lowest BCUT2D eigenvalue weighted by molar-refractivity contribution is -0.130. The Labute approximate surface area is 128 Å². The van der Waals surface area contributed by atoms with Gasteiger partial charge in [0.2, 0.25) is 5.91 Å². The standard InChI is InChI=1S/C14H19ClN4O2/c15-12-3-1-11(2-4-12)9-17-14(21)18-10-13(20)19-7-5-16-6-8-19/h1-4,16H,5-10H2,(H2,17,18,21). The maximum atomic E-state index is 11.9. The molecule has 0 spiro atoms. The van der Waals surface area contributed by atoms with E-state index >= 15 is 0 Å². The van der Waals surface area contributed by atoms with E-state index in [1.807, 2.05) is 12.1 Å². The lowest BCUT2D eigenvalue weighted by Gasteiger charge is -2.27.